The molecule has 8 heteroatoms. The van der Waals surface area contributed by atoms with E-state index in [1.807, 2.05) is 43.3 Å². The van der Waals surface area contributed by atoms with Crippen molar-refractivity contribution in [3.05, 3.63) is 69.6 Å². The third-order valence-corrected chi connectivity index (χ3v) is 7.93. The summed E-state index contributed by atoms with van der Waals surface area (Å²) < 4.78 is 11.6. The van der Waals surface area contributed by atoms with E-state index in [9.17, 15) is 9.59 Å². The maximum atomic E-state index is 13.3. The number of aryl methyl sites for hydroxylation is 1. The van der Waals surface area contributed by atoms with Crippen molar-refractivity contribution in [3.8, 4) is 0 Å². The van der Waals surface area contributed by atoms with Gasteiger partial charge in [0, 0.05) is 47.8 Å². The summed E-state index contributed by atoms with van der Waals surface area (Å²) in [5.74, 6) is 0.237. The van der Waals surface area contributed by atoms with Crippen LogP contribution in [-0.4, -0.2) is 55.0 Å². The van der Waals surface area contributed by atoms with Gasteiger partial charge in [-0.05, 0) is 54.8 Å². The number of fused-ring (bicyclic) bond motifs is 2. The third-order valence-electron chi connectivity index (χ3n) is 6.61. The molecule has 186 valence electrons. The van der Waals surface area contributed by atoms with Gasteiger partial charge in [-0.1, -0.05) is 18.2 Å². The summed E-state index contributed by atoms with van der Waals surface area (Å²) in [7, 11) is 1.64. The average Bonchev–Trinajstić information content (AvgIpc) is 3.22. The highest BCUT2D eigenvalue weighted by molar-refractivity contribution is 7.21. The summed E-state index contributed by atoms with van der Waals surface area (Å²) in [6.07, 6.45) is 0. The van der Waals surface area contributed by atoms with E-state index in [0.29, 0.717) is 22.9 Å². The van der Waals surface area contributed by atoms with Crippen LogP contribution in [0.25, 0.3) is 21.0 Å². The van der Waals surface area contributed by atoms with Crippen LogP contribution >= 0.6 is 11.3 Å². The second-order valence-corrected chi connectivity index (χ2v) is 10.1. The van der Waals surface area contributed by atoms with Crippen LogP contribution in [0.4, 0.5) is 5.82 Å². The minimum atomic E-state index is -0.233. The molecule has 3 heterocycles. The molecule has 4 aromatic rings. The van der Waals surface area contributed by atoms with Crippen LogP contribution in [-0.2, 0) is 22.6 Å². The molecule has 0 unspecified atom stereocenters. The highest BCUT2D eigenvalue weighted by Gasteiger charge is 2.22. The molecule has 1 N–H and O–H groups in total. The largest absolute Gasteiger partial charge is 0.380 e. The normalized spacial score (nSPS) is 14.4. The van der Waals surface area contributed by atoms with Gasteiger partial charge < -0.3 is 14.8 Å². The Morgan fingerprint density at radius 3 is 2.67 bits per heavy atom. The fourth-order valence-corrected chi connectivity index (χ4v) is 6.11. The summed E-state index contributed by atoms with van der Waals surface area (Å²) in [5.41, 5.74) is 4.47. The lowest BCUT2D eigenvalue weighted by molar-refractivity contribution is 0.0343. The monoisotopic (exact) mass is 503 g/mol. The molecule has 36 heavy (non-hydrogen) atoms. The predicted octanol–water partition coefficient (Wildman–Crippen LogP) is 5.19. The molecule has 0 spiro atoms. The predicted molar refractivity (Wildman–Crippen MR) is 143 cm³/mol. The molecular formula is C28H29N3O4S. The number of ether oxygens (including phenoxy) is 2. The Morgan fingerprint density at radius 1 is 1.11 bits per heavy atom. The van der Waals surface area contributed by atoms with Crippen molar-refractivity contribution in [2.24, 2.45) is 0 Å². The summed E-state index contributed by atoms with van der Waals surface area (Å²) in [6.45, 7) is 8.08. The van der Waals surface area contributed by atoms with E-state index in [1.54, 1.807) is 14.0 Å². The Balaban J connectivity index is 1.44. The number of carbonyl (C=O) groups is 2. The van der Waals surface area contributed by atoms with Crippen LogP contribution in [0.1, 0.15) is 43.6 Å². The Labute approximate surface area is 214 Å². The van der Waals surface area contributed by atoms with Crippen molar-refractivity contribution in [2.45, 2.75) is 27.0 Å². The number of thiophene rings is 1. The van der Waals surface area contributed by atoms with Gasteiger partial charge in [0.05, 0.1) is 30.2 Å². The fourth-order valence-electron chi connectivity index (χ4n) is 4.80. The molecule has 1 aliphatic heterocycles. The van der Waals surface area contributed by atoms with Crippen molar-refractivity contribution in [1.29, 1.82) is 0 Å². The molecule has 0 bridgehead atoms. The smallest absolute Gasteiger partial charge is 0.267 e. The number of Topliss-reactive ketones (excluding diaryl/α,β-unsaturated/α-hetero) is 1. The summed E-state index contributed by atoms with van der Waals surface area (Å²) in [6, 6.07) is 13.7. The van der Waals surface area contributed by atoms with Gasteiger partial charge in [-0.15, -0.1) is 11.3 Å². The molecule has 2 aromatic carbocycles. The molecule has 5 rings (SSSR count). The zero-order valence-corrected chi connectivity index (χ0v) is 21.5. The minimum absolute atomic E-state index is 0.0266. The van der Waals surface area contributed by atoms with Gasteiger partial charge in [-0.3, -0.25) is 14.5 Å². The van der Waals surface area contributed by atoms with E-state index in [2.05, 4.69) is 16.3 Å². The van der Waals surface area contributed by atoms with Gasteiger partial charge >= 0.3 is 0 Å². The number of rotatable bonds is 7. The number of methoxy groups -OCH3 is 1. The van der Waals surface area contributed by atoms with Crippen LogP contribution in [0, 0.1) is 6.92 Å². The SMILES string of the molecule is COCc1ccc(C(C)=O)c2sc(C(=O)Nc3ccc4c(CN5CCOCC5)cccc4n3)c(C)c12. The lowest BCUT2D eigenvalue weighted by atomic mass is 10.0. The van der Waals surface area contributed by atoms with Crippen molar-refractivity contribution >= 4 is 49.8 Å². The lowest BCUT2D eigenvalue weighted by Gasteiger charge is -2.27. The van der Waals surface area contributed by atoms with Crippen LogP contribution in [0.15, 0.2) is 42.5 Å². The molecular weight excluding hydrogens is 474 g/mol. The molecule has 1 amide bonds. The van der Waals surface area contributed by atoms with E-state index in [1.165, 1.54) is 16.9 Å². The molecule has 2 aromatic heterocycles. The van der Waals surface area contributed by atoms with Gasteiger partial charge in [0.2, 0.25) is 0 Å². The maximum Gasteiger partial charge on any atom is 0.267 e. The molecule has 1 saturated heterocycles. The van der Waals surface area contributed by atoms with Crippen molar-refractivity contribution in [2.75, 3.05) is 38.7 Å². The van der Waals surface area contributed by atoms with E-state index in [-0.39, 0.29) is 11.7 Å². The number of amides is 1. The quantitative estimate of drug-likeness (QED) is 0.350. The van der Waals surface area contributed by atoms with E-state index < -0.39 is 0 Å². The van der Waals surface area contributed by atoms with Gasteiger partial charge in [-0.25, -0.2) is 4.98 Å². The van der Waals surface area contributed by atoms with E-state index >= 15 is 0 Å². The topological polar surface area (TPSA) is 80.8 Å². The number of morpholine rings is 1. The van der Waals surface area contributed by atoms with E-state index in [0.717, 1.165) is 65.0 Å². The first kappa shape index (κ1) is 24.5. The first-order valence-corrected chi connectivity index (χ1v) is 12.8. The number of carbonyl (C=O) groups excluding carboxylic acids is 2. The lowest BCUT2D eigenvalue weighted by Crippen LogP contribution is -2.35. The highest BCUT2D eigenvalue weighted by Crippen LogP contribution is 2.37. The minimum Gasteiger partial charge on any atom is -0.380 e. The zero-order chi connectivity index (χ0) is 25.2. The Kier molecular flexibility index (Phi) is 7.11. The second kappa shape index (κ2) is 10.4. The number of nitrogens with one attached hydrogen (secondary N) is 1. The van der Waals surface area contributed by atoms with Crippen molar-refractivity contribution < 1.29 is 19.1 Å². The van der Waals surface area contributed by atoms with Crippen LogP contribution < -0.4 is 5.32 Å². The first-order chi connectivity index (χ1) is 17.5. The van der Waals surface area contributed by atoms with Gasteiger partial charge in [0.25, 0.3) is 5.91 Å². The number of anilines is 1. The number of hydrogen-bond acceptors (Lipinski definition) is 7. The number of pyridine rings is 1. The summed E-state index contributed by atoms with van der Waals surface area (Å²) >= 11 is 1.34. The molecule has 0 aliphatic carbocycles. The maximum absolute atomic E-state index is 13.3. The number of benzene rings is 2. The number of hydrogen-bond donors (Lipinski definition) is 1. The molecule has 0 saturated carbocycles. The highest BCUT2D eigenvalue weighted by atomic mass is 32.1. The van der Waals surface area contributed by atoms with E-state index in [4.69, 9.17) is 14.5 Å². The average molecular weight is 504 g/mol. The molecule has 0 radical (unpaired) electrons. The second-order valence-electron chi connectivity index (χ2n) is 9.04. The Hall–Kier alpha value is -3.17. The van der Waals surface area contributed by atoms with Crippen molar-refractivity contribution in [3.63, 3.8) is 0 Å². The van der Waals surface area contributed by atoms with Gasteiger partial charge in [0.1, 0.15) is 5.82 Å². The van der Waals surface area contributed by atoms with Crippen LogP contribution in [0.5, 0.6) is 0 Å². The van der Waals surface area contributed by atoms with Gasteiger partial charge in [0.15, 0.2) is 5.78 Å². The Morgan fingerprint density at radius 2 is 1.92 bits per heavy atom. The third kappa shape index (κ3) is 4.77. The van der Waals surface area contributed by atoms with Gasteiger partial charge in [-0.2, -0.15) is 0 Å². The Bertz CT molecular complexity index is 1460. The number of aromatic nitrogens is 1. The molecule has 1 aliphatic rings. The first-order valence-electron chi connectivity index (χ1n) is 12.0. The van der Waals surface area contributed by atoms with Crippen molar-refractivity contribution in [1.82, 2.24) is 9.88 Å². The standard InChI is InChI=1S/C28H29N3O4S/c1-17-25-20(16-34-3)7-8-21(18(2)32)27(25)36-26(17)28(33)30-24-10-9-22-19(5-4-6-23(22)29-24)15-31-11-13-35-14-12-31/h4-10H,11-16H2,1-3H3,(H,29,30,33). The molecule has 7 nitrogen and oxygen atoms in total. The summed E-state index contributed by atoms with van der Waals surface area (Å²) in [5, 5.41) is 4.97. The fraction of sp³-hybridized carbons (Fsp3) is 0.321. The van der Waals surface area contributed by atoms with Crippen LogP contribution in [0.3, 0.4) is 0 Å². The molecule has 1 fully saturated rings. The summed E-state index contributed by atoms with van der Waals surface area (Å²) in [4.78, 5) is 33.3. The molecule has 0 atom stereocenters. The number of ketones is 1. The number of nitrogens with zero attached hydrogens (tertiary/aromatic N) is 2. The zero-order valence-electron chi connectivity index (χ0n) is 20.7. The van der Waals surface area contributed by atoms with Crippen LogP contribution in [0.2, 0.25) is 0 Å².